The molecule has 3 rings (SSSR count). The molecule has 26 heavy (non-hydrogen) atoms. The van der Waals surface area contributed by atoms with Crippen LogP contribution >= 0.6 is 11.3 Å². The first kappa shape index (κ1) is 18.1. The summed E-state index contributed by atoms with van der Waals surface area (Å²) in [5, 5.41) is 5.87. The number of methoxy groups -OCH3 is 1. The third-order valence-electron chi connectivity index (χ3n) is 4.08. The third-order valence-corrected chi connectivity index (χ3v) is 5.35. The van der Waals surface area contributed by atoms with Crippen LogP contribution < -0.4 is 10.6 Å². The van der Waals surface area contributed by atoms with E-state index in [1.54, 1.807) is 12.1 Å². The predicted molar refractivity (Wildman–Crippen MR) is 97.4 cm³/mol. The average molecular weight is 373 g/mol. The van der Waals surface area contributed by atoms with Gasteiger partial charge in [0.1, 0.15) is 0 Å². The molecule has 0 radical (unpaired) electrons. The van der Waals surface area contributed by atoms with Crippen molar-refractivity contribution in [3.8, 4) is 0 Å². The molecule has 1 aliphatic rings. The lowest BCUT2D eigenvalue weighted by Crippen LogP contribution is -2.24. The fraction of sp³-hybridized carbons (Fsp3) is 0.333. The maximum atomic E-state index is 12.4. The minimum atomic E-state index is -0.526. The maximum absolute atomic E-state index is 12.4. The van der Waals surface area contributed by atoms with Gasteiger partial charge in [0.05, 0.1) is 19.6 Å². The Morgan fingerprint density at radius 3 is 2.77 bits per heavy atom. The summed E-state index contributed by atoms with van der Waals surface area (Å²) in [6.07, 6.45) is 0.0902. The van der Waals surface area contributed by atoms with Crippen LogP contribution in [0.25, 0.3) is 0 Å². The molecule has 0 fully saturated rings. The van der Waals surface area contributed by atoms with Crippen LogP contribution in [0.4, 0.5) is 5.13 Å². The van der Waals surface area contributed by atoms with Crippen molar-refractivity contribution in [2.45, 2.75) is 32.2 Å². The van der Waals surface area contributed by atoms with Crippen LogP contribution in [0.5, 0.6) is 0 Å². The Labute approximate surface area is 154 Å². The van der Waals surface area contributed by atoms with Crippen LogP contribution in [0.1, 0.15) is 63.5 Å². The van der Waals surface area contributed by atoms with E-state index in [1.165, 1.54) is 18.4 Å². The molecule has 0 aliphatic carbocycles. The first-order valence-electron chi connectivity index (χ1n) is 8.19. The van der Waals surface area contributed by atoms with Crippen LogP contribution in [-0.4, -0.2) is 29.9 Å². The molecule has 1 aromatic heterocycles. The second kappa shape index (κ2) is 7.25. The molecule has 2 aromatic rings. The number of nitrogens with zero attached hydrogens (tertiary/aromatic N) is 1. The van der Waals surface area contributed by atoms with Gasteiger partial charge < -0.3 is 15.4 Å². The first-order chi connectivity index (χ1) is 12.4. The van der Waals surface area contributed by atoms with Gasteiger partial charge in [-0.3, -0.25) is 9.59 Å². The minimum absolute atomic E-state index is 0.0771. The van der Waals surface area contributed by atoms with Crippen molar-refractivity contribution in [3.05, 3.63) is 46.0 Å². The standard InChI is InChI=1S/C18H19N3O4S/c1-9(2)15-14(17(24)25-3)21-18(26-15)20-13(22)8-12-10-6-4-5-7-11(10)16(23)19-12/h4-7,9,12H,8H2,1-3H3,(H,19,23)(H,20,21,22)/t12-/m0/s1. The molecular weight excluding hydrogens is 354 g/mol. The average Bonchev–Trinajstić information content (AvgIpc) is 3.17. The van der Waals surface area contributed by atoms with Crippen molar-refractivity contribution in [1.82, 2.24) is 10.3 Å². The second-order valence-corrected chi connectivity index (χ2v) is 7.27. The van der Waals surface area contributed by atoms with E-state index in [1.807, 2.05) is 26.0 Å². The highest BCUT2D eigenvalue weighted by atomic mass is 32.1. The number of benzene rings is 1. The van der Waals surface area contributed by atoms with Gasteiger partial charge in [0.15, 0.2) is 10.8 Å². The number of rotatable bonds is 5. The van der Waals surface area contributed by atoms with E-state index >= 15 is 0 Å². The topological polar surface area (TPSA) is 97.4 Å². The van der Waals surface area contributed by atoms with Crippen molar-refractivity contribution in [2.24, 2.45) is 0 Å². The molecule has 136 valence electrons. The molecule has 1 aliphatic heterocycles. The molecule has 0 saturated heterocycles. The second-order valence-electron chi connectivity index (χ2n) is 6.24. The Morgan fingerprint density at radius 1 is 1.35 bits per heavy atom. The van der Waals surface area contributed by atoms with Gasteiger partial charge in [-0.1, -0.05) is 32.0 Å². The summed E-state index contributed by atoms with van der Waals surface area (Å²) < 4.78 is 4.75. The number of carbonyl (C=O) groups is 3. The van der Waals surface area contributed by atoms with E-state index in [-0.39, 0.29) is 35.9 Å². The molecule has 7 nitrogen and oxygen atoms in total. The first-order valence-corrected chi connectivity index (χ1v) is 9.01. The fourth-order valence-electron chi connectivity index (χ4n) is 2.86. The van der Waals surface area contributed by atoms with E-state index in [4.69, 9.17) is 4.74 Å². The van der Waals surface area contributed by atoms with Crippen molar-refractivity contribution in [2.75, 3.05) is 12.4 Å². The van der Waals surface area contributed by atoms with E-state index in [2.05, 4.69) is 15.6 Å². The normalized spacial score (nSPS) is 15.5. The lowest BCUT2D eigenvalue weighted by Gasteiger charge is -2.10. The molecule has 8 heteroatoms. The van der Waals surface area contributed by atoms with E-state index < -0.39 is 5.97 Å². The van der Waals surface area contributed by atoms with Crippen LogP contribution in [-0.2, 0) is 9.53 Å². The largest absolute Gasteiger partial charge is 0.464 e. The minimum Gasteiger partial charge on any atom is -0.464 e. The van der Waals surface area contributed by atoms with Gasteiger partial charge in [0.2, 0.25) is 5.91 Å². The summed E-state index contributed by atoms with van der Waals surface area (Å²) >= 11 is 1.25. The molecule has 1 aromatic carbocycles. The van der Waals surface area contributed by atoms with Crippen LogP contribution in [0, 0.1) is 0 Å². The van der Waals surface area contributed by atoms with Crippen molar-refractivity contribution in [1.29, 1.82) is 0 Å². The number of ether oxygens (including phenoxy) is 1. The number of aromatic nitrogens is 1. The SMILES string of the molecule is COC(=O)c1nc(NC(=O)C[C@@H]2NC(=O)c3ccccc32)sc1C(C)C. The summed E-state index contributed by atoms with van der Waals surface area (Å²) in [6.45, 7) is 3.88. The van der Waals surface area contributed by atoms with Crippen molar-refractivity contribution in [3.63, 3.8) is 0 Å². The zero-order valence-electron chi connectivity index (χ0n) is 14.7. The quantitative estimate of drug-likeness (QED) is 0.786. The Morgan fingerprint density at radius 2 is 2.08 bits per heavy atom. The molecule has 0 bridgehead atoms. The number of anilines is 1. The number of esters is 1. The monoisotopic (exact) mass is 373 g/mol. The van der Waals surface area contributed by atoms with E-state index in [9.17, 15) is 14.4 Å². The molecule has 1 atom stereocenters. The highest BCUT2D eigenvalue weighted by Crippen LogP contribution is 2.31. The Bertz CT molecular complexity index is 875. The number of hydrogen-bond donors (Lipinski definition) is 2. The van der Waals surface area contributed by atoms with E-state index in [0.29, 0.717) is 10.7 Å². The smallest absolute Gasteiger partial charge is 0.357 e. The predicted octanol–water partition coefficient (Wildman–Crippen LogP) is 2.87. The van der Waals surface area contributed by atoms with E-state index in [0.717, 1.165) is 10.4 Å². The van der Waals surface area contributed by atoms with Gasteiger partial charge in [-0.2, -0.15) is 0 Å². The van der Waals surface area contributed by atoms with Crippen molar-refractivity contribution < 1.29 is 19.1 Å². The molecule has 0 unspecified atom stereocenters. The summed E-state index contributed by atoms with van der Waals surface area (Å²) in [5.74, 6) is -0.911. The van der Waals surface area contributed by atoms with Crippen molar-refractivity contribution >= 4 is 34.3 Å². The zero-order chi connectivity index (χ0) is 18.8. The highest BCUT2D eigenvalue weighted by Gasteiger charge is 2.30. The van der Waals surface area contributed by atoms with Gasteiger partial charge in [-0.15, -0.1) is 11.3 Å². The number of hydrogen-bond acceptors (Lipinski definition) is 6. The van der Waals surface area contributed by atoms with Gasteiger partial charge in [0.25, 0.3) is 5.91 Å². The van der Waals surface area contributed by atoms with Gasteiger partial charge in [-0.05, 0) is 17.5 Å². The van der Waals surface area contributed by atoms with Gasteiger partial charge in [-0.25, -0.2) is 9.78 Å². The molecule has 2 N–H and O–H groups in total. The lowest BCUT2D eigenvalue weighted by molar-refractivity contribution is -0.116. The maximum Gasteiger partial charge on any atom is 0.357 e. The van der Waals surface area contributed by atoms with Gasteiger partial charge in [0, 0.05) is 10.4 Å². The number of fused-ring (bicyclic) bond motifs is 1. The van der Waals surface area contributed by atoms with Crippen LogP contribution in [0.2, 0.25) is 0 Å². The fourth-order valence-corrected chi connectivity index (χ4v) is 3.83. The van der Waals surface area contributed by atoms with Gasteiger partial charge >= 0.3 is 5.97 Å². The number of thiazole rings is 1. The third kappa shape index (κ3) is 3.45. The summed E-state index contributed by atoms with van der Waals surface area (Å²) in [4.78, 5) is 41.2. The molecule has 0 saturated carbocycles. The number of nitrogens with one attached hydrogen (secondary N) is 2. The Balaban J connectivity index is 1.73. The Hall–Kier alpha value is -2.74. The Kier molecular flexibility index (Phi) is 5.03. The summed E-state index contributed by atoms with van der Waals surface area (Å²) in [7, 11) is 1.30. The zero-order valence-corrected chi connectivity index (χ0v) is 15.5. The molecule has 2 heterocycles. The summed E-state index contributed by atoms with van der Waals surface area (Å²) in [6, 6.07) is 6.82. The van der Waals surface area contributed by atoms with Crippen LogP contribution in [0.3, 0.4) is 0 Å². The number of carbonyl (C=O) groups excluding carboxylic acids is 3. The number of amides is 2. The molecular formula is C18H19N3O4S. The van der Waals surface area contributed by atoms with Crippen LogP contribution in [0.15, 0.2) is 24.3 Å². The highest BCUT2D eigenvalue weighted by molar-refractivity contribution is 7.16. The molecule has 2 amide bonds. The lowest BCUT2D eigenvalue weighted by atomic mass is 10.0. The molecule has 0 spiro atoms. The summed E-state index contributed by atoms with van der Waals surface area (Å²) in [5.41, 5.74) is 1.63.